The molecule has 2 heterocycles. The van der Waals surface area contributed by atoms with Gasteiger partial charge < -0.3 is 14.6 Å². The van der Waals surface area contributed by atoms with Crippen molar-refractivity contribution in [1.82, 2.24) is 0 Å². The minimum Gasteiger partial charge on any atom is -0.396 e. The predicted molar refractivity (Wildman–Crippen MR) is 56.0 cm³/mol. The Morgan fingerprint density at radius 3 is 2.87 bits per heavy atom. The molecule has 2 bridgehead atoms. The van der Waals surface area contributed by atoms with E-state index < -0.39 is 5.79 Å². The molecule has 0 saturated carbocycles. The van der Waals surface area contributed by atoms with Gasteiger partial charge in [-0.25, -0.2) is 0 Å². The Bertz CT molecular complexity index is 283. The van der Waals surface area contributed by atoms with Gasteiger partial charge in [0.05, 0.1) is 6.10 Å². The lowest BCUT2D eigenvalue weighted by Gasteiger charge is -2.51. The van der Waals surface area contributed by atoms with Crippen molar-refractivity contribution in [3.8, 4) is 12.3 Å². The SMILES string of the molecule is C#C[C@@H]1OC2(C)CC[C@@H](CO)[C@@H](O2)[C@H]1C. The van der Waals surface area contributed by atoms with E-state index in [1.54, 1.807) is 0 Å². The Kier molecular flexibility index (Phi) is 2.76. The molecule has 2 rings (SSSR count). The van der Waals surface area contributed by atoms with Crippen LogP contribution in [0.5, 0.6) is 0 Å². The second-order valence-electron chi connectivity index (χ2n) is 4.76. The molecule has 0 aromatic heterocycles. The van der Waals surface area contributed by atoms with E-state index in [1.807, 2.05) is 13.8 Å². The molecular weight excluding hydrogens is 192 g/mol. The van der Waals surface area contributed by atoms with Crippen LogP contribution in [0.3, 0.4) is 0 Å². The maximum absolute atomic E-state index is 9.29. The first-order valence-electron chi connectivity index (χ1n) is 5.52. The molecule has 0 radical (unpaired) electrons. The quantitative estimate of drug-likeness (QED) is 0.660. The Morgan fingerprint density at radius 1 is 1.53 bits per heavy atom. The Hall–Kier alpha value is -0.560. The van der Waals surface area contributed by atoms with Crippen molar-refractivity contribution in [3.05, 3.63) is 0 Å². The van der Waals surface area contributed by atoms with Crippen LogP contribution in [0, 0.1) is 24.2 Å². The van der Waals surface area contributed by atoms with Crippen LogP contribution in [0.2, 0.25) is 0 Å². The fourth-order valence-corrected chi connectivity index (χ4v) is 2.61. The Balaban J connectivity index is 2.21. The van der Waals surface area contributed by atoms with E-state index in [2.05, 4.69) is 5.92 Å². The third-order valence-corrected chi connectivity index (χ3v) is 3.59. The molecule has 0 aromatic carbocycles. The molecule has 2 aliphatic heterocycles. The van der Waals surface area contributed by atoms with Gasteiger partial charge in [-0.1, -0.05) is 12.8 Å². The number of aliphatic hydroxyl groups excluding tert-OH is 1. The number of ether oxygens (including phenoxy) is 2. The summed E-state index contributed by atoms with van der Waals surface area (Å²) < 4.78 is 11.6. The first-order chi connectivity index (χ1) is 7.09. The molecule has 2 aliphatic rings. The minimum absolute atomic E-state index is 0.0311. The van der Waals surface area contributed by atoms with E-state index in [9.17, 15) is 5.11 Å². The molecule has 3 nitrogen and oxygen atoms in total. The molecule has 1 N–H and O–H groups in total. The second kappa shape index (κ2) is 3.79. The highest BCUT2D eigenvalue weighted by molar-refractivity contribution is 5.04. The third-order valence-electron chi connectivity index (χ3n) is 3.59. The zero-order chi connectivity index (χ0) is 11.1. The first kappa shape index (κ1) is 10.9. The lowest BCUT2D eigenvalue weighted by Crippen LogP contribution is -2.57. The van der Waals surface area contributed by atoms with Crippen LogP contribution < -0.4 is 0 Å². The summed E-state index contributed by atoms with van der Waals surface area (Å²) in [5, 5.41) is 9.29. The fourth-order valence-electron chi connectivity index (χ4n) is 2.61. The lowest BCUT2D eigenvalue weighted by atomic mass is 9.80. The number of rotatable bonds is 1. The van der Waals surface area contributed by atoms with E-state index in [4.69, 9.17) is 15.9 Å². The van der Waals surface area contributed by atoms with Crippen molar-refractivity contribution in [2.75, 3.05) is 6.61 Å². The van der Waals surface area contributed by atoms with E-state index >= 15 is 0 Å². The van der Waals surface area contributed by atoms with E-state index in [0.717, 1.165) is 12.8 Å². The van der Waals surface area contributed by atoms with Gasteiger partial charge in [0.2, 0.25) is 0 Å². The summed E-state index contributed by atoms with van der Waals surface area (Å²) >= 11 is 0. The summed E-state index contributed by atoms with van der Waals surface area (Å²) in [5.41, 5.74) is 0. The number of fused-ring (bicyclic) bond motifs is 2. The van der Waals surface area contributed by atoms with Gasteiger partial charge in [0, 0.05) is 24.9 Å². The van der Waals surface area contributed by atoms with Crippen molar-refractivity contribution >= 4 is 0 Å². The molecule has 3 heteroatoms. The van der Waals surface area contributed by atoms with Gasteiger partial charge in [0.15, 0.2) is 5.79 Å². The maximum Gasteiger partial charge on any atom is 0.167 e. The monoisotopic (exact) mass is 210 g/mol. The Labute approximate surface area is 90.8 Å². The molecule has 0 spiro atoms. The van der Waals surface area contributed by atoms with Crippen molar-refractivity contribution < 1.29 is 14.6 Å². The number of hydrogen-bond acceptors (Lipinski definition) is 3. The first-order valence-corrected chi connectivity index (χ1v) is 5.52. The highest BCUT2D eigenvalue weighted by Gasteiger charge is 2.49. The van der Waals surface area contributed by atoms with E-state index in [-0.39, 0.29) is 30.7 Å². The van der Waals surface area contributed by atoms with E-state index in [1.165, 1.54) is 0 Å². The van der Waals surface area contributed by atoms with Crippen LogP contribution in [0.4, 0.5) is 0 Å². The van der Waals surface area contributed by atoms with Crippen molar-refractivity contribution in [2.24, 2.45) is 11.8 Å². The zero-order valence-corrected chi connectivity index (χ0v) is 9.27. The molecule has 5 atom stereocenters. The fraction of sp³-hybridized carbons (Fsp3) is 0.833. The van der Waals surface area contributed by atoms with Crippen LogP contribution in [-0.2, 0) is 9.47 Å². The highest BCUT2D eigenvalue weighted by Crippen LogP contribution is 2.42. The average molecular weight is 210 g/mol. The summed E-state index contributed by atoms with van der Waals surface area (Å²) in [6.07, 6.45) is 7.04. The topological polar surface area (TPSA) is 38.7 Å². The summed E-state index contributed by atoms with van der Waals surface area (Å²) in [5.74, 6) is 2.48. The molecule has 2 fully saturated rings. The van der Waals surface area contributed by atoms with Crippen LogP contribution in [0.15, 0.2) is 0 Å². The smallest absolute Gasteiger partial charge is 0.167 e. The van der Waals surface area contributed by atoms with Crippen molar-refractivity contribution in [3.63, 3.8) is 0 Å². The van der Waals surface area contributed by atoms with Gasteiger partial charge in [-0.05, 0) is 13.3 Å². The molecular formula is C12H18O3. The summed E-state index contributed by atoms with van der Waals surface area (Å²) in [6, 6.07) is 0. The normalized spacial score (nSPS) is 49.7. The molecule has 1 unspecified atom stereocenters. The van der Waals surface area contributed by atoms with Gasteiger partial charge in [0.1, 0.15) is 6.10 Å². The largest absolute Gasteiger partial charge is 0.396 e. The van der Waals surface area contributed by atoms with Gasteiger partial charge in [0.25, 0.3) is 0 Å². The molecule has 0 aromatic rings. The number of aliphatic hydroxyl groups is 1. The average Bonchev–Trinajstić information content (AvgIpc) is 2.24. The molecule has 84 valence electrons. The van der Waals surface area contributed by atoms with Gasteiger partial charge in [-0.2, -0.15) is 0 Å². The van der Waals surface area contributed by atoms with E-state index in [0.29, 0.717) is 0 Å². The third kappa shape index (κ3) is 1.78. The molecule has 0 aliphatic carbocycles. The number of terminal acetylenes is 1. The second-order valence-corrected chi connectivity index (χ2v) is 4.76. The summed E-state index contributed by atoms with van der Waals surface area (Å²) in [4.78, 5) is 0. The van der Waals surface area contributed by atoms with Crippen molar-refractivity contribution in [1.29, 1.82) is 0 Å². The molecule has 0 amide bonds. The van der Waals surface area contributed by atoms with Crippen LogP contribution >= 0.6 is 0 Å². The molecule has 15 heavy (non-hydrogen) atoms. The van der Waals surface area contributed by atoms with Crippen LogP contribution in [-0.4, -0.2) is 29.7 Å². The minimum atomic E-state index is -0.542. The van der Waals surface area contributed by atoms with Gasteiger partial charge in [-0.15, -0.1) is 6.42 Å². The van der Waals surface area contributed by atoms with Gasteiger partial charge >= 0.3 is 0 Å². The van der Waals surface area contributed by atoms with Crippen LogP contribution in [0.1, 0.15) is 26.7 Å². The number of hydrogen-bond donors (Lipinski definition) is 1. The highest BCUT2D eigenvalue weighted by atomic mass is 16.7. The van der Waals surface area contributed by atoms with Crippen molar-refractivity contribution in [2.45, 2.75) is 44.7 Å². The maximum atomic E-state index is 9.29. The Morgan fingerprint density at radius 2 is 2.27 bits per heavy atom. The van der Waals surface area contributed by atoms with Crippen LogP contribution in [0.25, 0.3) is 0 Å². The summed E-state index contributed by atoms with van der Waals surface area (Å²) in [6.45, 7) is 4.13. The predicted octanol–water partition coefficient (Wildman–Crippen LogP) is 1.16. The molecule has 2 saturated heterocycles. The zero-order valence-electron chi connectivity index (χ0n) is 9.27. The summed E-state index contributed by atoms with van der Waals surface area (Å²) in [7, 11) is 0. The van der Waals surface area contributed by atoms with Gasteiger partial charge in [-0.3, -0.25) is 0 Å². The standard InChI is InChI=1S/C12H18O3/c1-4-10-8(2)11-9(7-13)5-6-12(3,14-10)15-11/h1,8-11,13H,5-7H2,2-3H3/t8-,9-,10-,11-,12?/m0/s1. The lowest BCUT2D eigenvalue weighted by molar-refractivity contribution is -0.348.